The van der Waals surface area contributed by atoms with Crippen molar-refractivity contribution in [2.24, 2.45) is 5.92 Å². The van der Waals surface area contributed by atoms with E-state index >= 15 is 0 Å². The van der Waals surface area contributed by atoms with Crippen LogP contribution in [0.1, 0.15) is 31.9 Å². The van der Waals surface area contributed by atoms with Crippen LogP contribution in [0.3, 0.4) is 0 Å². The minimum Gasteiger partial charge on any atom is -0.450 e. The Labute approximate surface area is 132 Å². The molecule has 122 valence electrons. The Bertz CT molecular complexity index is 500. The zero-order chi connectivity index (χ0) is 16.5. The van der Waals surface area contributed by atoms with E-state index in [0.29, 0.717) is 6.54 Å². The van der Waals surface area contributed by atoms with E-state index in [1.54, 1.807) is 6.92 Å². The molecular weight excluding hydrogens is 280 g/mol. The van der Waals surface area contributed by atoms with E-state index in [-0.39, 0.29) is 18.4 Å². The van der Waals surface area contributed by atoms with Crippen molar-refractivity contribution in [3.63, 3.8) is 0 Å². The van der Waals surface area contributed by atoms with E-state index < -0.39 is 12.1 Å². The SMILES string of the molecule is CCOC(=O)N[C@H](C(=O)NCCc1ccccc1C)C(C)C. The molecule has 0 saturated carbocycles. The molecule has 0 aliphatic heterocycles. The second-order valence-corrected chi connectivity index (χ2v) is 5.55. The molecule has 0 aliphatic rings. The summed E-state index contributed by atoms with van der Waals surface area (Å²) in [6.07, 6.45) is 0.207. The van der Waals surface area contributed by atoms with Gasteiger partial charge in [-0.25, -0.2) is 4.79 Å². The van der Waals surface area contributed by atoms with Gasteiger partial charge < -0.3 is 15.4 Å². The number of alkyl carbamates (subject to hydrolysis) is 1. The van der Waals surface area contributed by atoms with Crippen LogP contribution in [0.2, 0.25) is 0 Å². The fourth-order valence-electron chi connectivity index (χ4n) is 2.16. The van der Waals surface area contributed by atoms with Gasteiger partial charge in [-0.15, -0.1) is 0 Å². The third-order valence-corrected chi connectivity index (χ3v) is 3.45. The number of ether oxygens (including phenoxy) is 1. The van der Waals surface area contributed by atoms with Gasteiger partial charge in [-0.2, -0.15) is 0 Å². The maximum atomic E-state index is 12.2. The molecule has 0 radical (unpaired) electrons. The van der Waals surface area contributed by atoms with Crippen molar-refractivity contribution < 1.29 is 14.3 Å². The maximum Gasteiger partial charge on any atom is 0.407 e. The summed E-state index contributed by atoms with van der Waals surface area (Å²) in [6.45, 7) is 8.38. The lowest BCUT2D eigenvalue weighted by atomic mass is 10.0. The lowest BCUT2D eigenvalue weighted by Gasteiger charge is -2.21. The lowest BCUT2D eigenvalue weighted by Crippen LogP contribution is -2.50. The number of benzene rings is 1. The molecule has 0 saturated heterocycles. The van der Waals surface area contributed by atoms with Crippen LogP contribution in [0, 0.1) is 12.8 Å². The molecule has 0 fully saturated rings. The van der Waals surface area contributed by atoms with Gasteiger partial charge in [-0.05, 0) is 37.3 Å². The molecular formula is C17H26N2O3. The summed E-state index contributed by atoms with van der Waals surface area (Å²) >= 11 is 0. The van der Waals surface area contributed by atoms with Crippen LogP contribution < -0.4 is 10.6 Å². The molecule has 1 aromatic carbocycles. The molecule has 0 aliphatic carbocycles. The average molecular weight is 306 g/mol. The Kier molecular flexibility index (Phi) is 7.43. The zero-order valence-electron chi connectivity index (χ0n) is 13.8. The molecule has 22 heavy (non-hydrogen) atoms. The maximum absolute atomic E-state index is 12.2. The van der Waals surface area contributed by atoms with Crippen LogP contribution in [0.25, 0.3) is 0 Å². The Hall–Kier alpha value is -2.04. The van der Waals surface area contributed by atoms with Crippen LogP contribution in [0.5, 0.6) is 0 Å². The van der Waals surface area contributed by atoms with Gasteiger partial charge in [0.15, 0.2) is 0 Å². The first-order valence-electron chi connectivity index (χ1n) is 7.71. The number of amides is 2. The van der Waals surface area contributed by atoms with E-state index in [1.165, 1.54) is 11.1 Å². The van der Waals surface area contributed by atoms with E-state index in [1.807, 2.05) is 26.0 Å². The molecule has 0 aromatic heterocycles. The summed E-state index contributed by atoms with van der Waals surface area (Å²) in [6, 6.07) is 7.50. The normalized spacial score (nSPS) is 11.9. The molecule has 1 aromatic rings. The van der Waals surface area contributed by atoms with Gasteiger partial charge in [-0.1, -0.05) is 38.1 Å². The summed E-state index contributed by atoms with van der Waals surface area (Å²) in [5, 5.41) is 5.48. The minimum absolute atomic E-state index is 0.0112. The molecule has 0 unspecified atom stereocenters. The van der Waals surface area contributed by atoms with E-state index in [4.69, 9.17) is 4.74 Å². The van der Waals surface area contributed by atoms with Gasteiger partial charge in [0.1, 0.15) is 6.04 Å². The van der Waals surface area contributed by atoms with Crippen molar-refractivity contribution in [1.29, 1.82) is 0 Å². The van der Waals surface area contributed by atoms with Crippen LogP contribution in [0.4, 0.5) is 4.79 Å². The molecule has 0 bridgehead atoms. The van der Waals surface area contributed by atoms with Crippen molar-refractivity contribution in [1.82, 2.24) is 10.6 Å². The summed E-state index contributed by atoms with van der Waals surface area (Å²) in [5.41, 5.74) is 2.42. The van der Waals surface area contributed by atoms with Crippen LogP contribution in [-0.4, -0.2) is 31.2 Å². The van der Waals surface area contributed by atoms with Crippen molar-refractivity contribution in [3.05, 3.63) is 35.4 Å². The molecule has 1 rings (SSSR count). The average Bonchev–Trinajstić information content (AvgIpc) is 2.46. The second kappa shape index (κ2) is 9.07. The Morgan fingerprint density at radius 1 is 1.23 bits per heavy atom. The second-order valence-electron chi connectivity index (χ2n) is 5.55. The Morgan fingerprint density at radius 2 is 1.91 bits per heavy atom. The first-order chi connectivity index (χ1) is 10.5. The third-order valence-electron chi connectivity index (χ3n) is 3.45. The van der Waals surface area contributed by atoms with E-state index in [0.717, 1.165) is 6.42 Å². The quantitative estimate of drug-likeness (QED) is 0.813. The predicted molar refractivity (Wildman–Crippen MR) is 86.7 cm³/mol. The fourth-order valence-corrected chi connectivity index (χ4v) is 2.16. The highest BCUT2D eigenvalue weighted by atomic mass is 16.5. The van der Waals surface area contributed by atoms with Crippen molar-refractivity contribution in [2.75, 3.05) is 13.2 Å². The van der Waals surface area contributed by atoms with Crippen LogP contribution in [0.15, 0.2) is 24.3 Å². The van der Waals surface area contributed by atoms with Gasteiger partial charge in [0.05, 0.1) is 6.61 Å². The molecule has 5 heteroatoms. The summed E-state index contributed by atoms with van der Waals surface area (Å²) in [4.78, 5) is 23.7. The number of hydrogen-bond acceptors (Lipinski definition) is 3. The first kappa shape index (κ1) is 18.0. The predicted octanol–water partition coefficient (Wildman–Crippen LogP) is 2.42. The largest absolute Gasteiger partial charge is 0.450 e. The number of aryl methyl sites for hydroxylation is 1. The highest BCUT2D eigenvalue weighted by Crippen LogP contribution is 2.07. The van der Waals surface area contributed by atoms with E-state index in [9.17, 15) is 9.59 Å². The number of carbonyl (C=O) groups is 2. The summed E-state index contributed by atoms with van der Waals surface area (Å²) in [5.74, 6) is -0.195. The number of carbonyl (C=O) groups excluding carboxylic acids is 2. The highest BCUT2D eigenvalue weighted by molar-refractivity contribution is 5.85. The number of hydrogen-bond donors (Lipinski definition) is 2. The Balaban J connectivity index is 2.50. The zero-order valence-corrected chi connectivity index (χ0v) is 13.8. The molecule has 5 nitrogen and oxygen atoms in total. The highest BCUT2D eigenvalue weighted by Gasteiger charge is 2.24. The van der Waals surface area contributed by atoms with Gasteiger partial charge in [0.25, 0.3) is 0 Å². The van der Waals surface area contributed by atoms with Crippen molar-refractivity contribution >= 4 is 12.0 Å². The van der Waals surface area contributed by atoms with Gasteiger partial charge in [0.2, 0.25) is 5.91 Å². The van der Waals surface area contributed by atoms with Crippen molar-refractivity contribution in [3.8, 4) is 0 Å². The smallest absolute Gasteiger partial charge is 0.407 e. The first-order valence-corrected chi connectivity index (χ1v) is 7.71. The lowest BCUT2D eigenvalue weighted by molar-refractivity contribution is -0.124. The summed E-state index contributed by atoms with van der Waals surface area (Å²) < 4.78 is 4.83. The summed E-state index contributed by atoms with van der Waals surface area (Å²) in [7, 11) is 0. The van der Waals surface area contributed by atoms with Gasteiger partial charge >= 0.3 is 6.09 Å². The molecule has 0 heterocycles. The molecule has 0 spiro atoms. The fraction of sp³-hybridized carbons (Fsp3) is 0.529. The monoisotopic (exact) mass is 306 g/mol. The molecule has 2 N–H and O–H groups in total. The van der Waals surface area contributed by atoms with Gasteiger partial charge in [0, 0.05) is 6.54 Å². The topological polar surface area (TPSA) is 67.4 Å². The van der Waals surface area contributed by atoms with Crippen LogP contribution in [-0.2, 0) is 16.0 Å². The van der Waals surface area contributed by atoms with Gasteiger partial charge in [-0.3, -0.25) is 4.79 Å². The molecule has 1 atom stereocenters. The van der Waals surface area contributed by atoms with Crippen molar-refractivity contribution in [2.45, 2.75) is 40.2 Å². The minimum atomic E-state index is -0.587. The van der Waals surface area contributed by atoms with E-state index in [2.05, 4.69) is 29.7 Å². The number of nitrogens with one attached hydrogen (secondary N) is 2. The van der Waals surface area contributed by atoms with Crippen LogP contribution >= 0.6 is 0 Å². The standard InChI is InChI=1S/C17H26N2O3/c1-5-22-17(21)19-15(12(2)3)16(20)18-11-10-14-9-7-6-8-13(14)4/h6-9,12,15H,5,10-11H2,1-4H3,(H,18,20)(H,19,21)/t15-/m0/s1. The third kappa shape index (κ3) is 5.76. The molecule has 2 amide bonds. The number of rotatable bonds is 7. The Morgan fingerprint density at radius 3 is 2.50 bits per heavy atom.